The average molecular weight is 614 g/mol. The first-order valence-corrected chi connectivity index (χ1v) is 15.5. The maximum atomic E-state index is 13.7. The summed E-state index contributed by atoms with van der Waals surface area (Å²) in [6, 6.07) is 21.0. The van der Waals surface area contributed by atoms with E-state index in [9.17, 15) is 22.6 Å². The molecule has 0 fully saturated rings. The molecule has 6 rings (SSSR count). The smallest absolute Gasteiger partial charge is 0.255 e. The van der Waals surface area contributed by atoms with Crippen LogP contribution in [0.15, 0.2) is 83.3 Å². The molecule has 7 nitrogen and oxygen atoms in total. The van der Waals surface area contributed by atoms with Gasteiger partial charge in [-0.15, -0.1) is 0 Å². The number of halogens is 2. The average Bonchev–Trinajstić information content (AvgIpc) is 3.40. The Bertz CT molecular complexity index is 1940. The second-order valence-corrected chi connectivity index (χ2v) is 12.0. The van der Waals surface area contributed by atoms with E-state index in [0.717, 1.165) is 11.1 Å². The van der Waals surface area contributed by atoms with Crippen molar-refractivity contribution < 1.29 is 27.0 Å². The molecule has 1 aliphatic rings. The molecule has 1 aliphatic heterocycles. The minimum atomic E-state index is -1.41. The van der Waals surface area contributed by atoms with Gasteiger partial charge in [-0.05, 0) is 71.6 Å². The van der Waals surface area contributed by atoms with Gasteiger partial charge in [0.2, 0.25) is 0 Å². The fourth-order valence-electron chi connectivity index (χ4n) is 5.57. The number of anilines is 1. The molecule has 1 N–H and O–H groups in total. The molecule has 44 heavy (non-hydrogen) atoms. The highest BCUT2D eigenvalue weighted by molar-refractivity contribution is 7.85. The van der Waals surface area contributed by atoms with Gasteiger partial charge in [0.05, 0.1) is 11.3 Å². The molecule has 10 heteroatoms. The topological polar surface area (TPSA) is 82.9 Å². The lowest BCUT2D eigenvalue weighted by molar-refractivity contribution is 0.0727. The van der Waals surface area contributed by atoms with Crippen molar-refractivity contribution in [3.05, 3.63) is 113 Å². The molecule has 1 unspecified atom stereocenters. The van der Waals surface area contributed by atoms with Crippen LogP contribution in [0.2, 0.25) is 0 Å². The van der Waals surface area contributed by atoms with Crippen LogP contribution in [0, 0.1) is 11.6 Å². The predicted octanol–water partition coefficient (Wildman–Crippen LogP) is 6.33. The highest BCUT2D eigenvalue weighted by atomic mass is 32.2. The van der Waals surface area contributed by atoms with Gasteiger partial charge in [0.25, 0.3) is 11.8 Å². The third-order valence-electron chi connectivity index (χ3n) is 7.97. The molecule has 224 valence electrons. The molecular formula is C34H29F2N3O4S. The van der Waals surface area contributed by atoms with Crippen LogP contribution in [-0.2, 0) is 24.0 Å². The number of furan rings is 1. The van der Waals surface area contributed by atoms with Crippen LogP contribution in [-0.4, -0.2) is 47.8 Å². The monoisotopic (exact) mass is 613 g/mol. The fraction of sp³-hybridized carbons (Fsp3) is 0.176. The molecule has 0 bridgehead atoms. The van der Waals surface area contributed by atoms with Gasteiger partial charge in [-0.1, -0.05) is 24.3 Å². The standard InChI is InChI=1S/C34H29F2N3O4S/c1-37-33(40)31-28-17-26(29(38(2)44(3)42)18-30(28)43-32(31)22-8-12-25(36)13-9-22)23-7-6-21-14-15-39(34(41)27(21)16-23)19-20-4-10-24(35)11-5-20/h4-13,16-18H,14-15,19H2,1-3H3,(H,37,40). The Kier molecular flexibility index (Phi) is 7.77. The van der Waals surface area contributed by atoms with E-state index in [2.05, 4.69) is 5.32 Å². The largest absolute Gasteiger partial charge is 0.455 e. The first kappa shape index (κ1) is 29.3. The summed E-state index contributed by atoms with van der Waals surface area (Å²) >= 11 is 0. The summed E-state index contributed by atoms with van der Waals surface area (Å²) in [6.07, 6.45) is 2.22. The van der Waals surface area contributed by atoms with Gasteiger partial charge in [-0.2, -0.15) is 0 Å². The SMILES string of the molecule is CNC(=O)c1c(-c2ccc(F)cc2)oc2cc(N(C)S(C)=O)c(-c3ccc4c(c3)C(=O)N(Cc3ccc(F)cc3)CC4)cc12. The van der Waals surface area contributed by atoms with E-state index in [1.54, 1.807) is 58.9 Å². The summed E-state index contributed by atoms with van der Waals surface area (Å²) in [4.78, 5) is 28.6. The third-order valence-corrected chi connectivity index (χ3v) is 8.94. The zero-order chi connectivity index (χ0) is 31.1. The molecule has 0 saturated carbocycles. The lowest BCUT2D eigenvalue weighted by Gasteiger charge is -2.29. The third kappa shape index (κ3) is 5.37. The van der Waals surface area contributed by atoms with Crippen LogP contribution in [0.5, 0.6) is 0 Å². The maximum Gasteiger partial charge on any atom is 0.255 e. The molecule has 0 saturated heterocycles. The summed E-state index contributed by atoms with van der Waals surface area (Å²) < 4.78 is 47.6. The van der Waals surface area contributed by atoms with Gasteiger partial charge in [-0.25, -0.2) is 13.0 Å². The van der Waals surface area contributed by atoms with Crippen molar-refractivity contribution in [2.24, 2.45) is 0 Å². The number of amides is 2. The molecule has 0 spiro atoms. The minimum Gasteiger partial charge on any atom is -0.455 e. The molecule has 1 aromatic heterocycles. The number of hydrogen-bond acceptors (Lipinski definition) is 4. The van der Waals surface area contributed by atoms with Gasteiger partial charge in [0.15, 0.2) is 0 Å². The van der Waals surface area contributed by atoms with E-state index >= 15 is 0 Å². The summed E-state index contributed by atoms with van der Waals surface area (Å²) in [7, 11) is 1.81. The Morgan fingerprint density at radius 3 is 2.27 bits per heavy atom. The number of rotatable bonds is 7. The van der Waals surface area contributed by atoms with Crippen LogP contribution >= 0.6 is 0 Å². The van der Waals surface area contributed by atoms with Gasteiger partial charge >= 0.3 is 0 Å². The Balaban J connectivity index is 1.49. The van der Waals surface area contributed by atoms with E-state index in [1.807, 2.05) is 18.2 Å². The van der Waals surface area contributed by atoms with Crippen molar-refractivity contribution in [1.82, 2.24) is 10.2 Å². The Hall–Kier alpha value is -4.83. The highest BCUT2D eigenvalue weighted by Gasteiger charge is 2.28. The molecule has 0 aliphatic carbocycles. The van der Waals surface area contributed by atoms with Gasteiger partial charge in [0, 0.05) is 61.6 Å². The summed E-state index contributed by atoms with van der Waals surface area (Å²) in [5.41, 5.74) is 5.41. The van der Waals surface area contributed by atoms with Crippen molar-refractivity contribution in [1.29, 1.82) is 0 Å². The molecular weight excluding hydrogens is 584 g/mol. The molecule has 1 atom stereocenters. The number of hydrogen-bond donors (Lipinski definition) is 1. The lowest BCUT2D eigenvalue weighted by atomic mass is 9.92. The van der Waals surface area contributed by atoms with E-state index in [0.29, 0.717) is 58.4 Å². The normalized spacial score (nSPS) is 13.6. The Morgan fingerprint density at radius 2 is 1.61 bits per heavy atom. The van der Waals surface area contributed by atoms with Crippen molar-refractivity contribution in [3.8, 4) is 22.5 Å². The number of benzene rings is 4. The highest BCUT2D eigenvalue weighted by Crippen LogP contribution is 2.41. The van der Waals surface area contributed by atoms with Crippen molar-refractivity contribution in [2.45, 2.75) is 13.0 Å². The second-order valence-electron chi connectivity index (χ2n) is 10.7. The quantitative estimate of drug-likeness (QED) is 0.233. The van der Waals surface area contributed by atoms with Crippen LogP contribution < -0.4 is 9.62 Å². The maximum absolute atomic E-state index is 13.7. The summed E-state index contributed by atoms with van der Waals surface area (Å²) in [5.74, 6) is -0.992. The van der Waals surface area contributed by atoms with E-state index in [1.165, 1.54) is 31.3 Å². The van der Waals surface area contributed by atoms with Crippen molar-refractivity contribution in [2.75, 3.05) is 31.2 Å². The molecule has 0 radical (unpaired) electrons. The van der Waals surface area contributed by atoms with E-state index < -0.39 is 16.8 Å². The molecule has 2 heterocycles. The summed E-state index contributed by atoms with van der Waals surface area (Å²) in [5, 5.41) is 3.18. The van der Waals surface area contributed by atoms with Crippen molar-refractivity contribution in [3.63, 3.8) is 0 Å². The zero-order valence-corrected chi connectivity index (χ0v) is 25.1. The van der Waals surface area contributed by atoms with Gasteiger partial charge < -0.3 is 14.6 Å². The van der Waals surface area contributed by atoms with Crippen LogP contribution in [0.3, 0.4) is 0 Å². The molecule has 4 aromatic carbocycles. The predicted molar refractivity (Wildman–Crippen MR) is 168 cm³/mol. The molecule has 2 amide bonds. The van der Waals surface area contributed by atoms with Crippen LogP contribution in [0.4, 0.5) is 14.5 Å². The van der Waals surface area contributed by atoms with E-state index in [-0.39, 0.29) is 29.0 Å². The summed E-state index contributed by atoms with van der Waals surface area (Å²) in [6.45, 7) is 0.891. The van der Waals surface area contributed by atoms with Gasteiger partial charge in [0.1, 0.15) is 34.0 Å². The number of fused-ring (bicyclic) bond motifs is 2. The lowest BCUT2D eigenvalue weighted by Crippen LogP contribution is -2.37. The van der Waals surface area contributed by atoms with Crippen molar-refractivity contribution >= 4 is 39.5 Å². The Labute approximate surface area is 255 Å². The minimum absolute atomic E-state index is 0.138. The van der Waals surface area contributed by atoms with Gasteiger partial charge in [-0.3, -0.25) is 13.9 Å². The number of carbonyl (C=O) groups is 2. The first-order valence-electron chi connectivity index (χ1n) is 14.0. The number of nitrogens with one attached hydrogen (secondary N) is 1. The van der Waals surface area contributed by atoms with Crippen LogP contribution in [0.1, 0.15) is 31.8 Å². The van der Waals surface area contributed by atoms with E-state index in [4.69, 9.17) is 4.42 Å². The Morgan fingerprint density at radius 1 is 0.955 bits per heavy atom. The zero-order valence-electron chi connectivity index (χ0n) is 24.3. The number of nitrogens with zero attached hydrogens (tertiary/aromatic N) is 2. The van der Waals surface area contributed by atoms with Crippen LogP contribution in [0.25, 0.3) is 33.4 Å². The fourth-order valence-corrected chi connectivity index (χ4v) is 5.99. The first-order chi connectivity index (χ1) is 21.1. The molecule has 5 aromatic rings. The second kappa shape index (κ2) is 11.7. The number of carbonyl (C=O) groups excluding carboxylic acids is 2.